The van der Waals surface area contributed by atoms with Crippen LogP contribution in [-0.4, -0.2) is 10.3 Å². The van der Waals surface area contributed by atoms with E-state index >= 15 is 0 Å². The molecule has 0 unspecified atom stereocenters. The maximum absolute atomic E-state index is 8.90. The highest BCUT2D eigenvalue weighted by Crippen LogP contribution is 2.04. The number of nitrogens with zero attached hydrogens (tertiary/aromatic N) is 1. The van der Waals surface area contributed by atoms with Gasteiger partial charge in [-0.2, -0.15) is 0 Å². The third kappa shape index (κ3) is 2.92. The Morgan fingerprint density at radius 1 is 1.06 bits per heavy atom. The Bertz CT molecular complexity index is 409. The molecule has 16 heavy (non-hydrogen) atoms. The summed E-state index contributed by atoms with van der Waals surface area (Å²) >= 11 is 0. The average molecular weight is 218 g/mol. The molecule has 0 saturated carbocycles. The van der Waals surface area contributed by atoms with Crippen LogP contribution >= 0.6 is 0 Å². The van der Waals surface area contributed by atoms with Gasteiger partial charge in [0.15, 0.2) is 0 Å². The Kier molecular flexibility index (Phi) is 3.69. The van der Waals surface area contributed by atoms with Crippen molar-refractivity contribution >= 4 is 0 Å². The molecule has 0 spiro atoms. The van der Waals surface area contributed by atoms with Gasteiger partial charge in [-0.3, -0.25) is 0 Å². The van der Waals surface area contributed by atoms with E-state index in [-0.39, 0.29) is 6.61 Å². The monoisotopic (exact) mass is 218 g/mol. The first-order chi connectivity index (χ1) is 7.88. The van der Waals surface area contributed by atoms with Crippen LogP contribution in [0, 0.1) is 0 Å². The summed E-state index contributed by atoms with van der Waals surface area (Å²) < 4.78 is 4.73. The van der Waals surface area contributed by atoms with Crippen LogP contribution in [0.3, 0.4) is 0 Å². The number of hydrogen-bond donors (Lipinski definition) is 2. The summed E-state index contributed by atoms with van der Waals surface area (Å²) in [6.07, 6.45) is 1.56. The fraction of sp³-hybridized carbons (Fsp3) is 0.250. The Morgan fingerprint density at radius 3 is 2.44 bits per heavy atom. The molecule has 4 heteroatoms. The topological polar surface area (TPSA) is 58.3 Å². The predicted octanol–water partition coefficient (Wildman–Crippen LogP) is 1.46. The standard InChI is InChI=1S/C12H14N2O2/c15-9-11-3-1-10(2-4-11)7-13-8-12-5-6-16-14-12/h1-6,13,15H,7-9H2. The van der Waals surface area contributed by atoms with Crippen LogP contribution in [0.15, 0.2) is 41.1 Å². The lowest BCUT2D eigenvalue weighted by Gasteiger charge is -2.03. The first kappa shape index (κ1) is 10.9. The molecule has 0 radical (unpaired) electrons. The molecule has 84 valence electrons. The van der Waals surface area contributed by atoms with Crippen molar-refractivity contribution in [1.29, 1.82) is 0 Å². The van der Waals surface area contributed by atoms with Gasteiger partial charge in [-0.25, -0.2) is 0 Å². The van der Waals surface area contributed by atoms with Crippen LogP contribution in [0.4, 0.5) is 0 Å². The summed E-state index contributed by atoms with van der Waals surface area (Å²) in [7, 11) is 0. The lowest BCUT2D eigenvalue weighted by Crippen LogP contribution is -2.12. The van der Waals surface area contributed by atoms with Gasteiger partial charge in [-0.1, -0.05) is 29.4 Å². The predicted molar refractivity (Wildman–Crippen MR) is 59.4 cm³/mol. The second-order valence-corrected chi connectivity index (χ2v) is 3.57. The molecule has 0 bridgehead atoms. The smallest absolute Gasteiger partial charge is 0.124 e. The summed E-state index contributed by atoms with van der Waals surface area (Å²) in [6.45, 7) is 1.56. The minimum atomic E-state index is 0.0899. The highest BCUT2D eigenvalue weighted by Gasteiger charge is 1.97. The van der Waals surface area contributed by atoms with Crippen molar-refractivity contribution in [2.45, 2.75) is 19.7 Å². The Hall–Kier alpha value is -1.65. The third-order valence-corrected chi connectivity index (χ3v) is 2.33. The number of aliphatic hydroxyl groups is 1. The third-order valence-electron chi connectivity index (χ3n) is 2.33. The van der Waals surface area contributed by atoms with Crippen molar-refractivity contribution in [1.82, 2.24) is 10.5 Å². The van der Waals surface area contributed by atoms with Gasteiger partial charge < -0.3 is 14.9 Å². The molecule has 1 aromatic carbocycles. The van der Waals surface area contributed by atoms with Crippen LogP contribution in [0.25, 0.3) is 0 Å². The van der Waals surface area contributed by atoms with Crippen molar-refractivity contribution < 1.29 is 9.63 Å². The first-order valence-corrected chi connectivity index (χ1v) is 5.17. The van der Waals surface area contributed by atoms with Crippen LogP contribution in [-0.2, 0) is 19.7 Å². The van der Waals surface area contributed by atoms with Crippen LogP contribution < -0.4 is 5.32 Å². The molecule has 0 aliphatic carbocycles. The molecule has 1 aromatic heterocycles. The van der Waals surface area contributed by atoms with Crippen LogP contribution in [0.2, 0.25) is 0 Å². The summed E-state index contributed by atoms with van der Waals surface area (Å²) in [4.78, 5) is 0. The van der Waals surface area contributed by atoms with Gasteiger partial charge in [-0.05, 0) is 11.1 Å². The molecule has 0 aliphatic heterocycles. The summed E-state index contributed by atoms with van der Waals surface area (Å²) in [6, 6.07) is 9.69. The summed E-state index contributed by atoms with van der Waals surface area (Å²) in [5.74, 6) is 0. The Morgan fingerprint density at radius 2 is 1.81 bits per heavy atom. The van der Waals surface area contributed by atoms with E-state index in [2.05, 4.69) is 10.5 Å². The van der Waals surface area contributed by atoms with Gasteiger partial charge in [0.2, 0.25) is 0 Å². The molecular weight excluding hydrogens is 204 g/mol. The van der Waals surface area contributed by atoms with E-state index in [1.54, 1.807) is 6.26 Å². The Balaban J connectivity index is 1.81. The van der Waals surface area contributed by atoms with Gasteiger partial charge >= 0.3 is 0 Å². The zero-order valence-corrected chi connectivity index (χ0v) is 8.89. The number of aromatic nitrogens is 1. The fourth-order valence-electron chi connectivity index (χ4n) is 1.43. The average Bonchev–Trinajstić information content (AvgIpc) is 2.83. The van der Waals surface area contributed by atoms with Crippen LogP contribution in [0.5, 0.6) is 0 Å². The molecule has 2 N–H and O–H groups in total. The van der Waals surface area contributed by atoms with Gasteiger partial charge in [0.05, 0.1) is 12.3 Å². The van der Waals surface area contributed by atoms with E-state index in [9.17, 15) is 0 Å². The first-order valence-electron chi connectivity index (χ1n) is 5.17. The number of benzene rings is 1. The van der Waals surface area contributed by atoms with Crippen molar-refractivity contribution in [3.63, 3.8) is 0 Å². The SMILES string of the molecule is OCc1ccc(CNCc2ccon2)cc1. The second-order valence-electron chi connectivity index (χ2n) is 3.57. The highest BCUT2D eigenvalue weighted by molar-refractivity contribution is 5.21. The van der Waals surface area contributed by atoms with Crippen LogP contribution in [0.1, 0.15) is 16.8 Å². The van der Waals surface area contributed by atoms with E-state index in [1.165, 1.54) is 5.56 Å². The number of aliphatic hydroxyl groups excluding tert-OH is 1. The molecule has 0 amide bonds. The lowest BCUT2D eigenvalue weighted by molar-refractivity contribution is 0.282. The van der Waals surface area contributed by atoms with Gasteiger partial charge in [0, 0.05) is 19.2 Å². The molecule has 2 aromatic rings. The van der Waals surface area contributed by atoms with Gasteiger partial charge in [0.25, 0.3) is 0 Å². The zero-order chi connectivity index (χ0) is 11.2. The Labute approximate surface area is 93.9 Å². The second kappa shape index (κ2) is 5.44. The summed E-state index contributed by atoms with van der Waals surface area (Å²) in [5.41, 5.74) is 3.01. The molecule has 0 fully saturated rings. The zero-order valence-electron chi connectivity index (χ0n) is 8.89. The van der Waals surface area contributed by atoms with Crippen molar-refractivity contribution in [3.8, 4) is 0 Å². The van der Waals surface area contributed by atoms with Gasteiger partial charge in [-0.15, -0.1) is 0 Å². The molecule has 0 saturated heterocycles. The molecule has 1 heterocycles. The maximum Gasteiger partial charge on any atom is 0.124 e. The van der Waals surface area contributed by atoms with Crippen molar-refractivity contribution in [2.75, 3.05) is 0 Å². The van der Waals surface area contributed by atoms with E-state index in [0.717, 1.165) is 17.8 Å². The molecule has 2 rings (SSSR count). The fourth-order valence-corrected chi connectivity index (χ4v) is 1.43. The largest absolute Gasteiger partial charge is 0.392 e. The highest BCUT2D eigenvalue weighted by atomic mass is 16.5. The quantitative estimate of drug-likeness (QED) is 0.797. The number of nitrogens with one attached hydrogen (secondary N) is 1. The molecular formula is C12H14N2O2. The number of hydrogen-bond acceptors (Lipinski definition) is 4. The van der Waals surface area contributed by atoms with E-state index in [4.69, 9.17) is 9.63 Å². The van der Waals surface area contributed by atoms with E-state index in [1.807, 2.05) is 30.3 Å². The van der Waals surface area contributed by atoms with Crippen molar-refractivity contribution in [2.24, 2.45) is 0 Å². The van der Waals surface area contributed by atoms with E-state index < -0.39 is 0 Å². The minimum Gasteiger partial charge on any atom is -0.392 e. The normalized spacial score (nSPS) is 10.6. The molecule has 0 aliphatic rings. The minimum absolute atomic E-state index is 0.0899. The molecule has 0 atom stereocenters. The van der Waals surface area contributed by atoms with E-state index in [0.29, 0.717) is 6.54 Å². The number of rotatable bonds is 5. The van der Waals surface area contributed by atoms with Gasteiger partial charge in [0.1, 0.15) is 6.26 Å². The molecule has 4 nitrogen and oxygen atoms in total. The maximum atomic E-state index is 8.90. The van der Waals surface area contributed by atoms with Crippen molar-refractivity contribution in [3.05, 3.63) is 53.4 Å². The summed E-state index contributed by atoms with van der Waals surface area (Å²) in [5, 5.41) is 16.0. The lowest BCUT2D eigenvalue weighted by atomic mass is 10.1.